The van der Waals surface area contributed by atoms with Gasteiger partial charge in [-0.25, -0.2) is 4.98 Å². The third kappa shape index (κ3) is 3.61. The summed E-state index contributed by atoms with van der Waals surface area (Å²) in [5.41, 5.74) is 3.92. The lowest BCUT2D eigenvalue weighted by Crippen LogP contribution is -2.24. The Hall–Kier alpha value is -3.13. The third-order valence-electron chi connectivity index (χ3n) is 5.41. The molecule has 158 valence electrons. The smallest absolute Gasteiger partial charge is 0.262 e. The summed E-state index contributed by atoms with van der Waals surface area (Å²) in [5.74, 6) is 1.76. The molecule has 0 amide bonds. The number of hydrogen-bond donors (Lipinski definition) is 0. The zero-order valence-electron chi connectivity index (χ0n) is 17.8. The first-order valence-corrected chi connectivity index (χ1v) is 11.4. The Labute approximate surface area is 183 Å². The predicted octanol–water partition coefficient (Wildman–Crippen LogP) is 4.34. The van der Waals surface area contributed by atoms with Crippen LogP contribution in [0.4, 0.5) is 0 Å². The molecule has 0 spiro atoms. The minimum Gasteiger partial charge on any atom is -0.307 e. The van der Waals surface area contributed by atoms with Crippen LogP contribution in [-0.4, -0.2) is 28.5 Å². The first-order valence-electron chi connectivity index (χ1n) is 10.4. The number of pyridine rings is 1. The predicted molar refractivity (Wildman–Crippen MR) is 124 cm³/mol. The Kier molecular flexibility index (Phi) is 5.02. The standard InChI is InChI=1S/C23H24N6OS/c1-15(2)10-11-28-21(30)18-6-4-5-7-19(18)29-22(28)25-26-23(29)31-14-17-13-27-12-16(3)8-9-20(27)24-17/h4-9,12-13,15H,10-11,14H2,1-3H3. The van der Waals surface area contributed by atoms with Gasteiger partial charge in [0.05, 0.1) is 16.6 Å². The summed E-state index contributed by atoms with van der Waals surface area (Å²) in [6.07, 6.45) is 5.03. The van der Waals surface area contributed by atoms with Crippen molar-refractivity contribution in [1.82, 2.24) is 28.5 Å². The van der Waals surface area contributed by atoms with Crippen LogP contribution in [0, 0.1) is 12.8 Å². The molecular weight excluding hydrogens is 408 g/mol. The number of thioether (sulfide) groups is 1. The SMILES string of the molecule is Cc1ccc2nc(CSc3nnc4n(CCC(C)C)c(=O)c5ccccc5n34)cn2c1. The fraction of sp³-hybridized carbons (Fsp3) is 0.304. The number of para-hydroxylation sites is 1. The van der Waals surface area contributed by atoms with E-state index < -0.39 is 0 Å². The normalized spacial score (nSPS) is 12.0. The molecule has 0 N–H and O–H groups in total. The van der Waals surface area contributed by atoms with Crippen LogP contribution in [0.15, 0.2) is 58.7 Å². The molecule has 0 aliphatic heterocycles. The van der Waals surface area contributed by atoms with E-state index in [4.69, 9.17) is 4.98 Å². The maximum Gasteiger partial charge on any atom is 0.262 e. The molecular formula is C23H24N6OS. The lowest BCUT2D eigenvalue weighted by atomic mass is 10.1. The topological polar surface area (TPSA) is 69.5 Å². The van der Waals surface area contributed by atoms with Gasteiger partial charge in [0.1, 0.15) is 5.65 Å². The largest absolute Gasteiger partial charge is 0.307 e. The molecule has 5 rings (SSSR count). The summed E-state index contributed by atoms with van der Waals surface area (Å²) in [6.45, 7) is 7.01. The van der Waals surface area contributed by atoms with E-state index in [9.17, 15) is 4.79 Å². The van der Waals surface area contributed by atoms with Crippen LogP contribution in [0.2, 0.25) is 0 Å². The average molecular weight is 433 g/mol. The molecule has 7 nitrogen and oxygen atoms in total. The van der Waals surface area contributed by atoms with Crippen LogP contribution in [0.1, 0.15) is 31.5 Å². The molecule has 0 unspecified atom stereocenters. The summed E-state index contributed by atoms with van der Waals surface area (Å²) < 4.78 is 5.81. The van der Waals surface area contributed by atoms with Gasteiger partial charge >= 0.3 is 0 Å². The summed E-state index contributed by atoms with van der Waals surface area (Å²) in [6, 6.07) is 11.8. The molecule has 0 radical (unpaired) electrons. The van der Waals surface area contributed by atoms with Crippen molar-refractivity contribution in [3.05, 3.63) is 70.4 Å². The van der Waals surface area contributed by atoms with E-state index in [-0.39, 0.29) is 5.56 Å². The second kappa shape index (κ2) is 7.85. The molecule has 0 saturated heterocycles. The molecule has 0 bridgehead atoms. The van der Waals surface area contributed by atoms with Crippen molar-refractivity contribution in [3.63, 3.8) is 0 Å². The van der Waals surface area contributed by atoms with E-state index in [1.807, 2.05) is 39.1 Å². The molecule has 4 heterocycles. The fourth-order valence-electron chi connectivity index (χ4n) is 3.78. The Morgan fingerprint density at radius 1 is 1.06 bits per heavy atom. The highest BCUT2D eigenvalue weighted by Gasteiger charge is 2.17. The molecule has 8 heteroatoms. The highest BCUT2D eigenvalue weighted by Crippen LogP contribution is 2.25. The highest BCUT2D eigenvalue weighted by atomic mass is 32.2. The fourth-order valence-corrected chi connectivity index (χ4v) is 4.60. The number of hydrogen-bond acceptors (Lipinski definition) is 5. The third-order valence-corrected chi connectivity index (χ3v) is 6.37. The summed E-state index contributed by atoms with van der Waals surface area (Å²) in [5, 5.41) is 10.3. The van der Waals surface area contributed by atoms with Gasteiger partial charge < -0.3 is 4.40 Å². The van der Waals surface area contributed by atoms with Crippen LogP contribution < -0.4 is 5.56 Å². The maximum absolute atomic E-state index is 13.1. The Balaban J connectivity index is 1.56. The lowest BCUT2D eigenvalue weighted by Gasteiger charge is -2.12. The molecule has 1 aromatic carbocycles. The zero-order chi connectivity index (χ0) is 21.5. The molecule has 0 aliphatic rings. The van der Waals surface area contributed by atoms with E-state index >= 15 is 0 Å². The van der Waals surface area contributed by atoms with Gasteiger partial charge in [-0.15, -0.1) is 10.2 Å². The minimum absolute atomic E-state index is 0.0107. The van der Waals surface area contributed by atoms with Crippen molar-refractivity contribution in [2.45, 2.75) is 44.6 Å². The highest BCUT2D eigenvalue weighted by molar-refractivity contribution is 7.98. The Morgan fingerprint density at radius 2 is 1.90 bits per heavy atom. The van der Waals surface area contributed by atoms with Crippen molar-refractivity contribution >= 4 is 34.1 Å². The van der Waals surface area contributed by atoms with Gasteiger partial charge in [-0.1, -0.05) is 43.8 Å². The van der Waals surface area contributed by atoms with Crippen LogP contribution in [0.3, 0.4) is 0 Å². The number of fused-ring (bicyclic) bond motifs is 4. The Bertz CT molecular complexity index is 1460. The molecule has 31 heavy (non-hydrogen) atoms. The van der Waals surface area contributed by atoms with E-state index in [0.717, 1.165) is 28.4 Å². The number of imidazole rings is 1. The van der Waals surface area contributed by atoms with Gasteiger partial charge in [0.2, 0.25) is 5.78 Å². The van der Waals surface area contributed by atoms with Gasteiger partial charge in [0.15, 0.2) is 5.16 Å². The van der Waals surface area contributed by atoms with Gasteiger partial charge in [0, 0.05) is 24.7 Å². The number of benzene rings is 1. The maximum atomic E-state index is 13.1. The quantitative estimate of drug-likeness (QED) is 0.373. The number of rotatable bonds is 6. The van der Waals surface area contributed by atoms with Crippen LogP contribution in [-0.2, 0) is 12.3 Å². The van der Waals surface area contributed by atoms with E-state index in [1.54, 1.807) is 16.3 Å². The lowest BCUT2D eigenvalue weighted by molar-refractivity contribution is 0.512. The van der Waals surface area contributed by atoms with Crippen molar-refractivity contribution < 1.29 is 0 Å². The zero-order valence-corrected chi connectivity index (χ0v) is 18.6. The van der Waals surface area contributed by atoms with Crippen LogP contribution in [0.5, 0.6) is 0 Å². The second-order valence-electron chi connectivity index (χ2n) is 8.27. The van der Waals surface area contributed by atoms with E-state index in [0.29, 0.717) is 29.4 Å². The summed E-state index contributed by atoms with van der Waals surface area (Å²) in [4.78, 5) is 17.8. The van der Waals surface area contributed by atoms with Gasteiger partial charge in [-0.3, -0.25) is 13.8 Å². The summed E-state index contributed by atoms with van der Waals surface area (Å²) in [7, 11) is 0. The van der Waals surface area contributed by atoms with Crippen LogP contribution in [0.25, 0.3) is 22.3 Å². The number of aryl methyl sites for hydroxylation is 2. The number of nitrogens with zero attached hydrogens (tertiary/aromatic N) is 6. The monoisotopic (exact) mass is 432 g/mol. The molecule has 0 saturated carbocycles. The van der Waals surface area contributed by atoms with Gasteiger partial charge in [-0.05, 0) is 43.0 Å². The molecule has 0 aliphatic carbocycles. The van der Waals surface area contributed by atoms with E-state index in [1.165, 1.54) is 5.56 Å². The van der Waals surface area contributed by atoms with Gasteiger partial charge in [-0.2, -0.15) is 0 Å². The van der Waals surface area contributed by atoms with E-state index in [2.05, 4.69) is 49.4 Å². The molecule has 5 aromatic rings. The molecule has 0 atom stereocenters. The minimum atomic E-state index is -0.0107. The van der Waals surface area contributed by atoms with Crippen molar-refractivity contribution in [1.29, 1.82) is 0 Å². The first kappa shape index (κ1) is 19.8. The van der Waals surface area contributed by atoms with Crippen molar-refractivity contribution in [2.24, 2.45) is 5.92 Å². The Morgan fingerprint density at radius 3 is 2.74 bits per heavy atom. The van der Waals surface area contributed by atoms with Gasteiger partial charge in [0.25, 0.3) is 5.56 Å². The second-order valence-corrected chi connectivity index (χ2v) is 9.21. The number of aromatic nitrogens is 6. The van der Waals surface area contributed by atoms with Crippen LogP contribution >= 0.6 is 11.8 Å². The first-order chi connectivity index (χ1) is 15.0. The molecule has 4 aromatic heterocycles. The van der Waals surface area contributed by atoms with Crippen molar-refractivity contribution in [2.75, 3.05) is 0 Å². The summed E-state index contributed by atoms with van der Waals surface area (Å²) >= 11 is 1.58. The van der Waals surface area contributed by atoms with Crippen molar-refractivity contribution in [3.8, 4) is 0 Å². The molecule has 0 fully saturated rings. The average Bonchev–Trinajstić information content (AvgIpc) is 3.35.